The van der Waals surface area contributed by atoms with Gasteiger partial charge in [-0.25, -0.2) is 0 Å². The van der Waals surface area contributed by atoms with Crippen LogP contribution in [0.3, 0.4) is 0 Å². The van der Waals surface area contributed by atoms with Gasteiger partial charge in [-0.2, -0.15) is 0 Å². The molecule has 0 aromatic carbocycles. The molecule has 4 saturated heterocycles. The van der Waals surface area contributed by atoms with Crippen molar-refractivity contribution >= 4 is 17.2 Å². The van der Waals surface area contributed by atoms with Gasteiger partial charge in [0.2, 0.25) is 0 Å². The van der Waals surface area contributed by atoms with Crippen molar-refractivity contribution in [2.75, 3.05) is 19.6 Å². The van der Waals surface area contributed by atoms with Crippen molar-refractivity contribution < 1.29 is 0 Å². The Morgan fingerprint density at radius 3 is 2.73 bits per heavy atom. The van der Waals surface area contributed by atoms with E-state index in [2.05, 4.69) is 29.0 Å². The second kappa shape index (κ2) is 6.03. The van der Waals surface area contributed by atoms with Crippen LogP contribution in [-0.4, -0.2) is 58.6 Å². The van der Waals surface area contributed by atoms with Crippen molar-refractivity contribution in [3.05, 3.63) is 0 Å². The molecule has 4 fully saturated rings. The van der Waals surface area contributed by atoms with Gasteiger partial charge in [0.25, 0.3) is 0 Å². The van der Waals surface area contributed by atoms with Crippen molar-refractivity contribution in [2.45, 2.75) is 76.5 Å². The molecule has 0 bridgehead atoms. The Hall–Kier alpha value is -0.190. The highest BCUT2D eigenvalue weighted by Crippen LogP contribution is 2.44. The molecule has 22 heavy (non-hydrogen) atoms. The fourth-order valence-corrected chi connectivity index (χ4v) is 6.30. The first-order valence-corrected chi connectivity index (χ1v) is 9.84. The SMILES string of the molecule is CC(C)NC1CC(=S)N2CC3CCCN4CCCC(C34)[C@H]2C1. The largest absolute Gasteiger partial charge is 0.362 e. The molecule has 4 aliphatic rings. The molecule has 0 amide bonds. The molecule has 4 rings (SSSR count). The Morgan fingerprint density at radius 2 is 1.95 bits per heavy atom. The number of fused-ring (bicyclic) bond motifs is 2. The van der Waals surface area contributed by atoms with Gasteiger partial charge >= 0.3 is 0 Å². The predicted molar refractivity (Wildman–Crippen MR) is 95.2 cm³/mol. The number of piperidine rings is 4. The number of hydrogen-bond acceptors (Lipinski definition) is 3. The maximum atomic E-state index is 5.85. The molecule has 5 atom stereocenters. The smallest absolute Gasteiger partial charge is 0.0797 e. The zero-order chi connectivity index (χ0) is 15.3. The molecule has 4 aliphatic heterocycles. The van der Waals surface area contributed by atoms with E-state index in [4.69, 9.17) is 12.2 Å². The van der Waals surface area contributed by atoms with Crippen LogP contribution in [0.5, 0.6) is 0 Å². The minimum absolute atomic E-state index is 0.563. The minimum Gasteiger partial charge on any atom is -0.362 e. The first-order chi connectivity index (χ1) is 10.6. The van der Waals surface area contributed by atoms with Gasteiger partial charge in [-0.3, -0.25) is 4.90 Å². The van der Waals surface area contributed by atoms with Gasteiger partial charge in [0.1, 0.15) is 0 Å². The summed E-state index contributed by atoms with van der Waals surface area (Å²) in [6, 6.07) is 2.74. The third-order valence-corrected chi connectivity index (χ3v) is 6.91. The van der Waals surface area contributed by atoms with Crippen LogP contribution in [0, 0.1) is 11.8 Å². The van der Waals surface area contributed by atoms with E-state index in [9.17, 15) is 0 Å². The van der Waals surface area contributed by atoms with Crippen molar-refractivity contribution in [3.8, 4) is 0 Å². The fraction of sp³-hybridized carbons (Fsp3) is 0.944. The van der Waals surface area contributed by atoms with Crippen LogP contribution >= 0.6 is 12.2 Å². The van der Waals surface area contributed by atoms with Crippen LogP contribution < -0.4 is 5.32 Å². The molecule has 3 nitrogen and oxygen atoms in total. The fourth-order valence-electron chi connectivity index (χ4n) is 5.89. The van der Waals surface area contributed by atoms with Crippen LogP contribution in [0.25, 0.3) is 0 Å². The van der Waals surface area contributed by atoms with E-state index < -0.39 is 0 Å². The van der Waals surface area contributed by atoms with Gasteiger partial charge in [0.15, 0.2) is 0 Å². The molecule has 4 heteroatoms. The molecular weight excluding hydrogens is 290 g/mol. The van der Waals surface area contributed by atoms with Crippen LogP contribution in [0.15, 0.2) is 0 Å². The topological polar surface area (TPSA) is 18.5 Å². The summed E-state index contributed by atoms with van der Waals surface area (Å²) in [5.74, 6) is 1.74. The van der Waals surface area contributed by atoms with Crippen LogP contribution in [0.2, 0.25) is 0 Å². The van der Waals surface area contributed by atoms with Crippen molar-refractivity contribution in [2.24, 2.45) is 11.8 Å². The second-order valence-corrected chi connectivity index (χ2v) is 8.78. The van der Waals surface area contributed by atoms with Gasteiger partial charge in [0, 0.05) is 37.1 Å². The van der Waals surface area contributed by atoms with Gasteiger partial charge in [-0.05, 0) is 57.0 Å². The Morgan fingerprint density at radius 1 is 1.18 bits per heavy atom. The summed E-state index contributed by atoms with van der Waals surface area (Å²) in [5.41, 5.74) is 0. The van der Waals surface area contributed by atoms with E-state index in [1.807, 2.05) is 0 Å². The van der Waals surface area contributed by atoms with E-state index >= 15 is 0 Å². The van der Waals surface area contributed by atoms with Crippen molar-refractivity contribution in [3.63, 3.8) is 0 Å². The maximum absolute atomic E-state index is 5.85. The third-order valence-electron chi connectivity index (χ3n) is 6.51. The molecular formula is C18H31N3S. The lowest BCUT2D eigenvalue weighted by molar-refractivity contribution is -0.0621. The normalized spacial score (nSPS) is 42.2. The summed E-state index contributed by atoms with van der Waals surface area (Å²) < 4.78 is 0. The quantitative estimate of drug-likeness (QED) is 0.788. The monoisotopic (exact) mass is 321 g/mol. The molecule has 1 N–H and O–H groups in total. The molecule has 0 spiro atoms. The number of thiocarbonyl (C=S) groups is 1. The molecule has 0 aromatic heterocycles. The van der Waals surface area contributed by atoms with Crippen molar-refractivity contribution in [1.29, 1.82) is 0 Å². The molecule has 124 valence electrons. The molecule has 0 aliphatic carbocycles. The van der Waals surface area contributed by atoms with E-state index in [0.29, 0.717) is 18.1 Å². The van der Waals surface area contributed by atoms with Crippen LogP contribution in [0.4, 0.5) is 0 Å². The highest BCUT2D eigenvalue weighted by atomic mass is 32.1. The van der Waals surface area contributed by atoms with Gasteiger partial charge < -0.3 is 10.2 Å². The molecule has 4 heterocycles. The molecule has 0 saturated carbocycles. The number of nitrogens with one attached hydrogen (secondary N) is 1. The summed E-state index contributed by atoms with van der Waals surface area (Å²) >= 11 is 5.85. The number of nitrogens with zero attached hydrogens (tertiary/aromatic N) is 2. The summed E-state index contributed by atoms with van der Waals surface area (Å²) in [7, 11) is 0. The molecule has 0 radical (unpaired) electrons. The Kier molecular flexibility index (Phi) is 4.20. The predicted octanol–water partition coefficient (Wildman–Crippen LogP) is 2.65. The summed E-state index contributed by atoms with van der Waals surface area (Å²) in [4.78, 5) is 6.74. The van der Waals surface area contributed by atoms with Gasteiger partial charge in [-0.15, -0.1) is 0 Å². The third kappa shape index (κ3) is 2.61. The Balaban J connectivity index is 1.57. The van der Waals surface area contributed by atoms with Crippen LogP contribution in [-0.2, 0) is 0 Å². The lowest BCUT2D eigenvalue weighted by Gasteiger charge is -2.60. The highest BCUT2D eigenvalue weighted by Gasteiger charge is 2.50. The van der Waals surface area contributed by atoms with Crippen LogP contribution in [0.1, 0.15) is 52.4 Å². The molecule has 0 aromatic rings. The van der Waals surface area contributed by atoms with Gasteiger partial charge in [-0.1, -0.05) is 26.1 Å². The van der Waals surface area contributed by atoms with E-state index in [-0.39, 0.29) is 0 Å². The van der Waals surface area contributed by atoms with Crippen molar-refractivity contribution in [1.82, 2.24) is 15.1 Å². The van der Waals surface area contributed by atoms with E-state index in [1.54, 1.807) is 0 Å². The Labute approximate surface area is 140 Å². The second-order valence-electron chi connectivity index (χ2n) is 8.31. The number of hydrogen-bond donors (Lipinski definition) is 1. The first kappa shape index (κ1) is 15.3. The zero-order valence-electron chi connectivity index (χ0n) is 14.1. The minimum atomic E-state index is 0.563. The summed E-state index contributed by atoms with van der Waals surface area (Å²) in [6.07, 6.45) is 8.04. The average Bonchev–Trinajstić information content (AvgIpc) is 2.48. The lowest BCUT2D eigenvalue weighted by Crippen LogP contribution is -2.68. The first-order valence-electron chi connectivity index (χ1n) is 9.43. The van der Waals surface area contributed by atoms with E-state index in [1.165, 1.54) is 56.7 Å². The van der Waals surface area contributed by atoms with E-state index in [0.717, 1.165) is 24.3 Å². The highest BCUT2D eigenvalue weighted by molar-refractivity contribution is 7.80. The average molecular weight is 322 g/mol. The zero-order valence-corrected chi connectivity index (χ0v) is 14.9. The number of rotatable bonds is 2. The lowest BCUT2D eigenvalue weighted by atomic mass is 9.67. The molecule has 4 unspecified atom stereocenters. The maximum Gasteiger partial charge on any atom is 0.0797 e. The summed E-state index contributed by atoms with van der Waals surface area (Å²) in [5, 5.41) is 3.76. The van der Waals surface area contributed by atoms with Gasteiger partial charge in [0.05, 0.1) is 4.99 Å². The standard InChI is InChI=1S/C18H31N3S/c1-12(2)19-14-9-16-15-6-4-8-20-7-3-5-13(18(15)20)11-21(16)17(22)10-14/h12-16,18-19H,3-11H2,1-2H3/t13?,14?,15?,16-,18?/m1/s1. The Bertz CT molecular complexity index is 436. The summed E-state index contributed by atoms with van der Waals surface area (Å²) in [6.45, 7) is 8.46.